The molecule has 0 N–H and O–H groups in total. The van der Waals surface area contributed by atoms with Crippen LogP contribution in [0.2, 0.25) is 0 Å². The fourth-order valence-electron chi connectivity index (χ4n) is 2.71. The van der Waals surface area contributed by atoms with Crippen LogP contribution in [0.5, 0.6) is 0 Å². The highest BCUT2D eigenvalue weighted by molar-refractivity contribution is 7.11. The zero-order valence-corrected chi connectivity index (χ0v) is 13.4. The summed E-state index contributed by atoms with van der Waals surface area (Å²) in [7, 11) is 1.78. The zero-order chi connectivity index (χ0) is 14.7. The predicted octanol–water partition coefficient (Wildman–Crippen LogP) is 3.69. The van der Waals surface area contributed by atoms with Gasteiger partial charge in [-0.2, -0.15) is 0 Å². The SMILES string of the molecule is COC1(c2ncc(Cc3ccc(C)cc3)s2)CCOCC1. The first-order valence-corrected chi connectivity index (χ1v) is 8.17. The summed E-state index contributed by atoms with van der Waals surface area (Å²) in [6.07, 6.45) is 4.71. The first-order chi connectivity index (χ1) is 10.2. The number of benzene rings is 1. The Kier molecular flexibility index (Phi) is 4.38. The molecule has 0 atom stereocenters. The van der Waals surface area contributed by atoms with Crippen LogP contribution in [0.1, 0.15) is 33.9 Å². The molecule has 21 heavy (non-hydrogen) atoms. The molecule has 3 nitrogen and oxygen atoms in total. The van der Waals surface area contributed by atoms with Crippen molar-refractivity contribution in [1.29, 1.82) is 0 Å². The number of rotatable bonds is 4. The molecule has 0 spiro atoms. The van der Waals surface area contributed by atoms with Crippen molar-refractivity contribution in [1.82, 2.24) is 4.98 Å². The van der Waals surface area contributed by atoms with Gasteiger partial charge in [-0.15, -0.1) is 11.3 Å². The van der Waals surface area contributed by atoms with Gasteiger partial charge in [-0.3, -0.25) is 0 Å². The van der Waals surface area contributed by atoms with Crippen LogP contribution in [0.25, 0.3) is 0 Å². The first-order valence-electron chi connectivity index (χ1n) is 7.35. The third-order valence-electron chi connectivity index (χ3n) is 4.13. The molecule has 0 bridgehead atoms. The third kappa shape index (κ3) is 3.18. The average molecular weight is 303 g/mol. The zero-order valence-electron chi connectivity index (χ0n) is 12.6. The number of hydrogen-bond acceptors (Lipinski definition) is 4. The molecule has 1 aliphatic heterocycles. The molecule has 1 fully saturated rings. The van der Waals surface area contributed by atoms with Gasteiger partial charge in [0.1, 0.15) is 10.6 Å². The van der Waals surface area contributed by atoms with E-state index in [0.29, 0.717) is 0 Å². The van der Waals surface area contributed by atoms with Crippen LogP contribution in [0.15, 0.2) is 30.5 Å². The minimum absolute atomic E-state index is 0.242. The van der Waals surface area contributed by atoms with E-state index in [2.05, 4.69) is 36.2 Å². The van der Waals surface area contributed by atoms with Crippen molar-refractivity contribution in [3.63, 3.8) is 0 Å². The minimum Gasteiger partial charge on any atom is -0.381 e. The van der Waals surface area contributed by atoms with E-state index in [1.54, 1.807) is 18.4 Å². The van der Waals surface area contributed by atoms with Gasteiger partial charge in [0, 0.05) is 50.7 Å². The van der Waals surface area contributed by atoms with Gasteiger partial charge < -0.3 is 9.47 Å². The summed E-state index contributed by atoms with van der Waals surface area (Å²) in [4.78, 5) is 5.92. The maximum Gasteiger partial charge on any atom is 0.125 e. The van der Waals surface area contributed by atoms with Crippen molar-refractivity contribution < 1.29 is 9.47 Å². The molecular weight excluding hydrogens is 282 g/mol. The minimum atomic E-state index is -0.242. The maximum absolute atomic E-state index is 5.81. The fraction of sp³-hybridized carbons (Fsp3) is 0.471. The van der Waals surface area contributed by atoms with Crippen LogP contribution in [0.4, 0.5) is 0 Å². The van der Waals surface area contributed by atoms with Crippen LogP contribution in [-0.4, -0.2) is 25.3 Å². The molecule has 0 radical (unpaired) electrons. The average Bonchev–Trinajstić information content (AvgIpc) is 2.99. The highest BCUT2D eigenvalue weighted by Crippen LogP contribution is 2.38. The van der Waals surface area contributed by atoms with Gasteiger partial charge in [-0.25, -0.2) is 4.98 Å². The van der Waals surface area contributed by atoms with E-state index in [1.165, 1.54) is 16.0 Å². The van der Waals surface area contributed by atoms with Crippen LogP contribution in [-0.2, 0) is 21.5 Å². The molecule has 2 heterocycles. The third-order valence-corrected chi connectivity index (χ3v) is 5.32. The molecule has 0 amide bonds. The van der Waals surface area contributed by atoms with Crippen LogP contribution >= 0.6 is 11.3 Å². The largest absolute Gasteiger partial charge is 0.381 e. The van der Waals surface area contributed by atoms with Gasteiger partial charge in [-0.05, 0) is 12.5 Å². The Hall–Kier alpha value is -1.23. The van der Waals surface area contributed by atoms with Crippen molar-refractivity contribution in [2.24, 2.45) is 0 Å². The molecule has 112 valence electrons. The van der Waals surface area contributed by atoms with Crippen molar-refractivity contribution in [2.45, 2.75) is 31.8 Å². The lowest BCUT2D eigenvalue weighted by molar-refractivity contribution is -0.0948. The maximum atomic E-state index is 5.81. The Bertz CT molecular complexity index is 585. The van der Waals surface area contributed by atoms with Crippen molar-refractivity contribution in [3.8, 4) is 0 Å². The number of ether oxygens (including phenoxy) is 2. The van der Waals surface area contributed by atoms with Gasteiger partial charge in [0.05, 0.1) is 0 Å². The van der Waals surface area contributed by atoms with Gasteiger partial charge in [-0.1, -0.05) is 29.8 Å². The quantitative estimate of drug-likeness (QED) is 0.863. The van der Waals surface area contributed by atoms with Crippen LogP contribution in [0, 0.1) is 6.92 Å². The molecule has 0 aliphatic carbocycles. The summed E-state index contributed by atoms with van der Waals surface area (Å²) >= 11 is 1.77. The van der Waals surface area contributed by atoms with Crippen LogP contribution < -0.4 is 0 Å². The molecule has 1 aliphatic rings. The number of nitrogens with zero attached hydrogens (tertiary/aromatic N) is 1. The highest BCUT2D eigenvalue weighted by Gasteiger charge is 2.37. The molecule has 0 unspecified atom stereocenters. The van der Waals surface area contributed by atoms with E-state index in [1.807, 2.05) is 6.20 Å². The second kappa shape index (κ2) is 6.26. The smallest absolute Gasteiger partial charge is 0.125 e. The van der Waals surface area contributed by atoms with Gasteiger partial charge in [0.15, 0.2) is 0 Å². The van der Waals surface area contributed by atoms with E-state index >= 15 is 0 Å². The molecule has 4 heteroatoms. The Morgan fingerprint density at radius 2 is 1.95 bits per heavy atom. The molecule has 3 rings (SSSR count). The lowest BCUT2D eigenvalue weighted by Crippen LogP contribution is -2.35. The Morgan fingerprint density at radius 1 is 1.24 bits per heavy atom. The summed E-state index contributed by atoms with van der Waals surface area (Å²) < 4.78 is 11.3. The first kappa shape index (κ1) is 14.7. The number of aromatic nitrogens is 1. The molecular formula is C17H21NO2S. The van der Waals surface area contributed by atoms with Gasteiger partial charge >= 0.3 is 0 Å². The van der Waals surface area contributed by atoms with Crippen LogP contribution in [0.3, 0.4) is 0 Å². The number of aryl methyl sites for hydroxylation is 1. The van der Waals surface area contributed by atoms with Crippen molar-refractivity contribution >= 4 is 11.3 Å². The van der Waals surface area contributed by atoms with Crippen molar-refractivity contribution in [3.05, 3.63) is 51.5 Å². The van der Waals surface area contributed by atoms with E-state index in [-0.39, 0.29) is 5.60 Å². The number of hydrogen-bond donors (Lipinski definition) is 0. The lowest BCUT2D eigenvalue weighted by atomic mass is 9.95. The summed E-state index contributed by atoms with van der Waals surface area (Å²) in [6, 6.07) is 8.70. The molecule has 1 aromatic carbocycles. The van der Waals surface area contributed by atoms with Gasteiger partial charge in [0.25, 0.3) is 0 Å². The van der Waals surface area contributed by atoms with E-state index in [4.69, 9.17) is 9.47 Å². The summed E-state index contributed by atoms with van der Waals surface area (Å²) in [5, 5.41) is 1.09. The van der Waals surface area contributed by atoms with E-state index in [9.17, 15) is 0 Å². The summed E-state index contributed by atoms with van der Waals surface area (Å²) in [5.74, 6) is 0. The van der Waals surface area contributed by atoms with Crippen molar-refractivity contribution in [2.75, 3.05) is 20.3 Å². The lowest BCUT2D eigenvalue weighted by Gasteiger charge is -2.33. The second-order valence-electron chi connectivity index (χ2n) is 5.60. The standard InChI is InChI=1S/C17H21NO2S/c1-13-3-5-14(6-4-13)11-15-12-18-16(21-15)17(19-2)7-9-20-10-8-17/h3-6,12H,7-11H2,1-2H3. The molecule has 1 saturated heterocycles. The monoisotopic (exact) mass is 303 g/mol. The number of thiazole rings is 1. The molecule has 2 aromatic rings. The van der Waals surface area contributed by atoms with Gasteiger partial charge in [0.2, 0.25) is 0 Å². The number of methoxy groups -OCH3 is 1. The molecule has 0 saturated carbocycles. The molecule has 1 aromatic heterocycles. The van der Waals surface area contributed by atoms with E-state index < -0.39 is 0 Å². The Morgan fingerprint density at radius 3 is 2.62 bits per heavy atom. The summed E-state index contributed by atoms with van der Waals surface area (Å²) in [5.41, 5.74) is 2.38. The highest BCUT2D eigenvalue weighted by atomic mass is 32.1. The fourth-order valence-corrected chi connectivity index (χ4v) is 3.88. The normalized spacial score (nSPS) is 17.8. The van der Waals surface area contributed by atoms with E-state index in [0.717, 1.165) is 37.5 Å². The Balaban J connectivity index is 1.77. The second-order valence-corrected chi connectivity index (χ2v) is 6.72. The topological polar surface area (TPSA) is 31.4 Å². The Labute approximate surface area is 129 Å². The summed E-state index contributed by atoms with van der Waals surface area (Å²) in [6.45, 7) is 3.61. The predicted molar refractivity (Wildman–Crippen MR) is 84.8 cm³/mol.